The summed E-state index contributed by atoms with van der Waals surface area (Å²) in [5, 5.41) is 1.23. The monoisotopic (exact) mass is 297 g/mol. The van der Waals surface area contributed by atoms with Crippen LogP contribution in [0.5, 0.6) is 0 Å². The van der Waals surface area contributed by atoms with Gasteiger partial charge in [0.1, 0.15) is 5.03 Å². The van der Waals surface area contributed by atoms with Gasteiger partial charge in [-0.3, -0.25) is 0 Å². The maximum absolute atomic E-state index is 4.64. The van der Waals surface area contributed by atoms with E-state index in [4.69, 9.17) is 0 Å². The molecule has 3 heterocycles. The zero-order chi connectivity index (χ0) is 13.2. The fourth-order valence-electron chi connectivity index (χ4n) is 3.23. The third-order valence-corrected chi connectivity index (χ3v) is 6.00. The molecule has 3 nitrogen and oxygen atoms in total. The number of piperidine rings is 1. The van der Waals surface area contributed by atoms with Crippen molar-refractivity contribution >= 4 is 23.5 Å². The van der Waals surface area contributed by atoms with Crippen molar-refractivity contribution in [2.45, 2.75) is 44.1 Å². The van der Waals surface area contributed by atoms with Crippen LogP contribution in [0.3, 0.4) is 0 Å². The molecule has 1 aromatic rings. The van der Waals surface area contributed by atoms with Crippen LogP contribution in [0, 0.1) is 11.8 Å². The second-order valence-corrected chi connectivity index (χ2v) is 7.87. The Balaban J connectivity index is 1.66. The number of hydrogen-bond donors (Lipinski definition) is 0. The maximum Gasteiger partial charge on any atom is 0.134 e. The lowest BCUT2D eigenvalue weighted by Gasteiger charge is -2.21. The summed E-state index contributed by atoms with van der Waals surface area (Å²) in [5.41, 5.74) is 1.31. The Morgan fingerprint density at radius 2 is 2.26 bits per heavy atom. The third-order valence-electron chi connectivity index (χ3n) is 4.33. The zero-order valence-corrected chi connectivity index (χ0v) is 13.5. The van der Waals surface area contributed by atoms with Gasteiger partial charge in [0.25, 0.3) is 0 Å². The first-order chi connectivity index (χ1) is 9.24. The SMILES string of the molecule is CC(C)CCSc1nsnc1C1CN2CCCC1C2. The summed E-state index contributed by atoms with van der Waals surface area (Å²) >= 11 is 3.33. The molecule has 3 rings (SSSR count). The Morgan fingerprint density at radius 3 is 3.05 bits per heavy atom. The number of rotatable bonds is 5. The molecule has 0 aliphatic carbocycles. The normalized spacial score (nSPS) is 30.2. The molecule has 2 aliphatic rings. The summed E-state index contributed by atoms with van der Waals surface area (Å²) in [4.78, 5) is 2.61. The quantitative estimate of drug-likeness (QED) is 0.778. The standard InChI is InChI=1S/C14H23N3S2/c1-10(2)5-7-18-14-13(15-19-16-14)12-9-17-6-3-4-11(12)8-17/h10-12H,3-9H2,1-2H3. The van der Waals surface area contributed by atoms with E-state index in [-0.39, 0.29) is 0 Å². The van der Waals surface area contributed by atoms with Crippen molar-refractivity contribution < 1.29 is 0 Å². The molecule has 0 spiro atoms. The summed E-state index contributed by atoms with van der Waals surface area (Å²) in [6, 6.07) is 0. The summed E-state index contributed by atoms with van der Waals surface area (Å²) in [6.07, 6.45) is 4.02. The highest BCUT2D eigenvalue weighted by molar-refractivity contribution is 7.99. The highest BCUT2D eigenvalue weighted by atomic mass is 32.2. The molecule has 0 aromatic carbocycles. The van der Waals surface area contributed by atoms with E-state index in [0.717, 1.165) is 11.8 Å². The fourth-order valence-corrected chi connectivity index (χ4v) is 5.24. The lowest BCUT2D eigenvalue weighted by Crippen LogP contribution is -2.25. The molecule has 2 saturated heterocycles. The van der Waals surface area contributed by atoms with Crippen LogP contribution in [0.15, 0.2) is 5.03 Å². The number of aromatic nitrogens is 2. The van der Waals surface area contributed by atoms with Gasteiger partial charge in [-0.1, -0.05) is 13.8 Å². The molecule has 0 radical (unpaired) electrons. The Morgan fingerprint density at radius 1 is 1.37 bits per heavy atom. The zero-order valence-electron chi connectivity index (χ0n) is 11.8. The van der Waals surface area contributed by atoms with E-state index in [1.165, 1.54) is 67.1 Å². The van der Waals surface area contributed by atoms with E-state index in [2.05, 4.69) is 27.5 Å². The van der Waals surface area contributed by atoms with E-state index in [1.807, 2.05) is 11.8 Å². The topological polar surface area (TPSA) is 29.0 Å². The maximum atomic E-state index is 4.64. The van der Waals surface area contributed by atoms with Gasteiger partial charge >= 0.3 is 0 Å². The molecule has 3 atom stereocenters. The van der Waals surface area contributed by atoms with Crippen molar-refractivity contribution in [2.24, 2.45) is 11.8 Å². The molecule has 106 valence electrons. The van der Waals surface area contributed by atoms with E-state index in [0.29, 0.717) is 5.92 Å². The molecule has 19 heavy (non-hydrogen) atoms. The minimum Gasteiger partial charge on any atom is -0.302 e. The Kier molecular flexibility index (Phi) is 4.44. The van der Waals surface area contributed by atoms with Crippen LogP contribution in [0.2, 0.25) is 0 Å². The van der Waals surface area contributed by atoms with Gasteiger partial charge in [0.05, 0.1) is 17.4 Å². The summed E-state index contributed by atoms with van der Waals surface area (Å²) in [5.74, 6) is 3.45. The van der Waals surface area contributed by atoms with Gasteiger partial charge in [0.15, 0.2) is 0 Å². The second kappa shape index (κ2) is 6.10. The molecule has 2 aliphatic heterocycles. The first-order valence-electron chi connectivity index (χ1n) is 7.41. The minimum absolute atomic E-state index is 0.655. The number of thioether (sulfide) groups is 1. The summed E-state index contributed by atoms with van der Waals surface area (Å²) < 4.78 is 9.19. The van der Waals surface area contributed by atoms with E-state index >= 15 is 0 Å². The molecule has 0 saturated carbocycles. The Labute approximate surface area is 124 Å². The van der Waals surface area contributed by atoms with Gasteiger partial charge in [0, 0.05) is 19.0 Å². The van der Waals surface area contributed by atoms with Gasteiger partial charge < -0.3 is 4.90 Å². The summed E-state index contributed by atoms with van der Waals surface area (Å²) in [7, 11) is 0. The molecule has 2 fully saturated rings. The van der Waals surface area contributed by atoms with Gasteiger partial charge in [-0.2, -0.15) is 8.75 Å². The van der Waals surface area contributed by atoms with Crippen molar-refractivity contribution in [3.63, 3.8) is 0 Å². The lowest BCUT2D eigenvalue weighted by atomic mass is 9.89. The van der Waals surface area contributed by atoms with E-state index in [9.17, 15) is 0 Å². The number of fused-ring (bicyclic) bond motifs is 2. The molecule has 1 aromatic heterocycles. The lowest BCUT2D eigenvalue weighted by molar-refractivity contribution is 0.269. The summed E-state index contributed by atoms with van der Waals surface area (Å²) in [6.45, 7) is 8.37. The van der Waals surface area contributed by atoms with Crippen molar-refractivity contribution in [1.82, 2.24) is 13.6 Å². The third kappa shape index (κ3) is 3.14. The molecule has 0 N–H and O–H groups in total. The predicted molar refractivity (Wildman–Crippen MR) is 82.0 cm³/mol. The average molecular weight is 297 g/mol. The highest BCUT2D eigenvalue weighted by Crippen LogP contribution is 2.41. The highest BCUT2D eigenvalue weighted by Gasteiger charge is 2.38. The van der Waals surface area contributed by atoms with Gasteiger partial charge in [-0.05, 0) is 43.4 Å². The first kappa shape index (κ1) is 13.8. The molecule has 5 heteroatoms. The molecule has 2 bridgehead atoms. The molecular formula is C14H23N3S2. The van der Waals surface area contributed by atoms with Crippen molar-refractivity contribution in [2.75, 3.05) is 25.4 Å². The van der Waals surface area contributed by atoms with E-state index < -0.39 is 0 Å². The molecule has 3 unspecified atom stereocenters. The van der Waals surface area contributed by atoms with Crippen molar-refractivity contribution in [1.29, 1.82) is 0 Å². The van der Waals surface area contributed by atoms with Crippen LogP contribution in [-0.2, 0) is 0 Å². The van der Waals surface area contributed by atoms with Crippen LogP contribution < -0.4 is 0 Å². The number of hydrogen-bond acceptors (Lipinski definition) is 5. The number of nitrogens with zero attached hydrogens (tertiary/aromatic N) is 3. The second-order valence-electron chi connectivity index (χ2n) is 6.25. The molecule has 0 amide bonds. The van der Waals surface area contributed by atoms with Crippen LogP contribution in [0.1, 0.15) is 44.7 Å². The van der Waals surface area contributed by atoms with Crippen molar-refractivity contribution in [3.05, 3.63) is 5.69 Å². The first-order valence-corrected chi connectivity index (χ1v) is 9.13. The van der Waals surface area contributed by atoms with E-state index in [1.54, 1.807) is 0 Å². The molecular weight excluding hydrogens is 274 g/mol. The van der Waals surface area contributed by atoms with Crippen molar-refractivity contribution in [3.8, 4) is 0 Å². The van der Waals surface area contributed by atoms with Gasteiger partial charge in [0.2, 0.25) is 0 Å². The van der Waals surface area contributed by atoms with Crippen LogP contribution in [-0.4, -0.2) is 39.0 Å². The van der Waals surface area contributed by atoms with Crippen LogP contribution >= 0.6 is 23.5 Å². The predicted octanol–water partition coefficient (Wildman–Crippen LogP) is 3.49. The average Bonchev–Trinajstić information content (AvgIpc) is 2.94. The van der Waals surface area contributed by atoms with Gasteiger partial charge in [-0.15, -0.1) is 11.8 Å². The smallest absolute Gasteiger partial charge is 0.134 e. The van der Waals surface area contributed by atoms with Crippen LogP contribution in [0.4, 0.5) is 0 Å². The van der Waals surface area contributed by atoms with Crippen LogP contribution in [0.25, 0.3) is 0 Å². The minimum atomic E-state index is 0.655. The Bertz CT molecular complexity index is 419. The fraction of sp³-hybridized carbons (Fsp3) is 0.857. The Hall–Kier alpha value is -0.130. The largest absolute Gasteiger partial charge is 0.302 e. The van der Waals surface area contributed by atoms with Gasteiger partial charge in [-0.25, -0.2) is 0 Å².